The molecule has 0 unspecified atom stereocenters. The fraction of sp³-hybridized carbons (Fsp3) is 0.350. The van der Waals surface area contributed by atoms with E-state index in [1.807, 2.05) is 13.0 Å². The molecular formula is C20H25NO5S. The van der Waals surface area contributed by atoms with Gasteiger partial charge < -0.3 is 9.47 Å². The van der Waals surface area contributed by atoms with E-state index in [2.05, 4.69) is 0 Å². The van der Waals surface area contributed by atoms with Gasteiger partial charge in [0.2, 0.25) is 0 Å². The number of hydrogen-bond acceptors (Lipinski definition) is 5. The van der Waals surface area contributed by atoms with E-state index in [1.54, 1.807) is 51.1 Å². The molecule has 0 saturated heterocycles. The fourth-order valence-electron chi connectivity index (χ4n) is 2.46. The average Bonchev–Trinajstić information content (AvgIpc) is 2.58. The molecular weight excluding hydrogens is 366 g/mol. The molecule has 0 heterocycles. The Kier molecular flexibility index (Phi) is 6.15. The summed E-state index contributed by atoms with van der Waals surface area (Å²) in [6.07, 6.45) is 0. The molecule has 0 bridgehead atoms. The largest absolute Gasteiger partial charge is 0.497 e. The van der Waals surface area contributed by atoms with E-state index in [9.17, 15) is 13.2 Å². The Morgan fingerprint density at radius 1 is 1.07 bits per heavy atom. The first-order valence-corrected chi connectivity index (χ1v) is 9.92. The Balaban J connectivity index is 2.45. The SMILES string of the molecule is COc1ccc(S(=O)(=O)N(CC(=O)OC(C)(C)C)c2cccc(C)c2)cc1. The second-order valence-electron chi connectivity index (χ2n) is 7.11. The number of nitrogens with zero attached hydrogens (tertiary/aromatic N) is 1. The zero-order valence-corrected chi connectivity index (χ0v) is 17.0. The molecule has 0 N–H and O–H groups in total. The Morgan fingerprint density at radius 3 is 2.22 bits per heavy atom. The van der Waals surface area contributed by atoms with Gasteiger partial charge in [-0.05, 0) is 69.7 Å². The van der Waals surface area contributed by atoms with Crippen LogP contribution in [0.3, 0.4) is 0 Å². The first-order chi connectivity index (χ1) is 12.5. The highest BCUT2D eigenvalue weighted by atomic mass is 32.2. The van der Waals surface area contributed by atoms with Gasteiger partial charge in [0.15, 0.2) is 0 Å². The highest BCUT2D eigenvalue weighted by Gasteiger charge is 2.29. The van der Waals surface area contributed by atoms with E-state index in [1.165, 1.54) is 19.2 Å². The van der Waals surface area contributed by atoms with Crippen LogP contribution in [0.5, 0.6) is 5.75 Å². The van der Waals surface area contributed by atoms with Gasteiger partial charge in [-0.3, -0.25) is 9.10 Å². The van der Waals surface area contributed by atoms with Crippen molar-refractivity contribution in [1.82, 2.24) is 0 Å². The third-order valence-corrected chi connectivity index (χ3v) is 5.42. The lowest BCUT2D eigenvalue weighted by atomic mass is 10.2. The van der Waals surface area contributed by atoms with Gasteiger partial charge >= 0.3 is 5.97 Å². The topological polar surface area (TPSA) is 72.9 Å². The normalized spacial score (nSPS) is 11.7. The molecule has 6 nitrogen and oxygen atoms in total. The zero-order chi connectivity index (χ0) is 20.2. The smallest absolute Gasteiger partial charge is 0.327 e. The van der Waals surface area contributed by atoms with E-state index in [-0.39, 0.29) is 4.90 Å². The van der Waals surface area contributed by atoms with E-state index in [4.69, 9.17) is 9.47 Å². The molecule has 2 aromatic rings. The molecule has 0 atom stereocenters. The van der Waals surface area contributed by atoms with Gasteiger partial charge in [0.1, 0.15) is 17.9 Å². The minimum absolute atomic E-state index is 0.0633. The van der Waals surface area contributed by atoms with Gasteiger partial charge in [-0.15, -0.1) is 0 Å². The summed E-state index contributed by atoms with van der Waals surface area (Å²) < 4.78 is 37.9. The van der Waals surface area contributed by atoms with Gasteiger partial charge in [0.05, 0.1) is 17.7 Å². The van der Waals surface area contributed by atoms with E-state index in [0.717, 1.165) is 9.87 Å². The number of carbonyl (C=O) groups excluding carboxylic acids is 1. The maximum absolute atomic E-state index is 13.2. The van der Waals surface area contributed by atoms with Crippen LogP contribution < -0.4 is 9.04 Å². The van der Waals surface area contributed by atoms with Crippen LogP contribution in [0.2, 0.25) is 0 Å². The third kappa shape index (κ3) is 5.47. The summed E-state index contributed by atoms with van der Waals surface area (Å²) in [5, 5.41) is 0. The molecule has 146 valence electrons. The molecule has 2 rings (SSSR count). The molecule has 0 aliphatic carbocycles. The highest BCUT2D eigenvalue weighted by molar-refractivity contribution is 7.92. The lowest BCUT2D eigenvalue weighted by Crippen LogP contribution is -2.39. The van der Waals surface area contributed by atoms with Crippen molar-refractivity contribution in [2.24, 2.45) is 0 Å². The van der Waals surface area contributed by atoms with Gasteiger partial charge in [-0.1, -0.05) is 12.1 Å². The average molecular weight is 391 g/mol. The Morgan fingerprint density at radius 2 is 1.70 bits per heavy atom. The molecule has 0 aliphatic rings. The number of carbonyl (C=O) groups is 1. The number of sulfonamides is 1. The monoisotopic (exact) mass is 391 g/mol. The summed E-state index contributed by atoms with van der Waals surface area (Å²) in [5.41, 5.74) is 0.572. The van der Waals surface area contributed by atoms with Crippen molar-refractivity contribution in [3.63, 3.8) is 0 Å². The van der Waals surface area contributed by atoms with Crippen LogP contribution in [0.4, 0.5) is 5.69 Å². The van der Waals surface area contributed by atoms with Crippen LogP contribution in [0.1, 0.15) is 26.3 Å². The summed E-state index contributed by atoms with van der Waals surface area (Å²) in [4.78, 5) is 12.4. The number of rotatable bonds is 6. The number of anilines is 1. The molecule has 0 aliphatic heterocycles. The van der Waals surface area contributed by atoms with E-state index in [0.29, 0.717) is 11.4 Å². The molecule has 0 amide bonds. The van der Waals surface area contributed by atoms with Crippen LogP contribution in [-0.4, -0.2) is 33.6 Å². The summed E-state index contributed by atoms with van der Waals surface area (Å²) in [7, 11) is -2.46. The number of methoxy groups -OCH3 is 1. The predicted molar refractivity (Wildman–Crippen MR) is 105 cm³/mol. The lowest BCUT2D eigenvalue weighted by molar-refractivity contribution is -0.152. The molecule has 2 aromatic carbocycles. The van der Waals surface area contributed by atoms with Crippen LogP contribution in [0.15, 0.2) is 53.4 Å². The molecule has 27 heavy (non-hydrogen) atoms. The van der Waals surface area contributed by atoms with Gasteiger partial charge in [-0.2, -0.15) is 0 Å². The Labute approximate surface area is 160 Å². The summed E-state index contributed by atoms with van der Waals surface area (Å²) >= 11 is 0. The molecule has 0 fully saturated rings. The maximum atomic E-state index is 13.2. The highest BCUT2D eigenvalue weighted by Crippen LogP contribution is 2.26. The Hall–Kier alpha value is -2.54. The summed E-state index contributed by atoms with van der Waals surface area (Å²) in [6, 6.07) is 13.0. The molecule has 7 heteroatoms. The van der Waals surface area contributed by atoms with Gasteiger partial charge in [-0.25, -0.2) is 8.42 Å². The van der Waals surface area contributed by atoms with Crippen molar-refractivity contribution in [1.29, 1.82) is 0 Å². The second-order valence-corrected chi connectivity index (χ2v) is 8.97. The van der Waals surface area contributed by atoms with Gasteiger partial charge in [0, 0.05) is 0 Å². The van der Waals surface area contributed by atoms with Gasteiger partial charge in [0.25, 0.3) is 10.0 Å². The van der Waals surface area contributed by atoms with E-state index >= 15 is 0 Å². The Bertz CT molecular complexity index is 899. The quantitative estimate of drug-likeness (QED) is 0.704. The zero-order valence-electron chi connectivity index (χ0n) is 16.2. The molecule has 0 spiro atoms. The minimum Gasteiger partial charge on any atom is -0.497 e. The van der Waals surface area contributed by atoms with Crippen molar-refractivity contribution in [3.8, 4) is 5.75 Å². The van der Waals surface area contributed by atoms with Crippen molar-refractivity contribution in [2.45, 2.75) is 38.2 Å². The van der Waals surface area contributed by atoms with Crippen molar-refractivity contribution < 1.29 is 22.7 Å². The number of aryl methyl sites for hydroxylation is 1. The van der Waals surface area contributed by atoms with Crippen LogP contribution >= 0.6 is 0 Å². The number of benzene rings is 2. The molecule has 0 radical (unpaired) electrons. The lowest BCUT2D eigenvalue weighted by Gasteiger charge is -2.26. The van der Waals surface area contributed by atoms with Crippen molar-refractivity contribution in [2.75, 3.05) is 18.0 Å². The molecule has 0 saturated carbocycles. The predicted octanol–water partition coefficient (Wildman–Crippen LogP) is 3.54. The van der Waals surface area contributed by atoms with Crippen molar-refractivity contribution >= 4 is 21.7 Å². The minimum atomic E-state index is -3.97. The summed E-state index contributed by atoms with van der Waals surface area (Å²) in [5.74, 6) is -0.0794. The second kappa shape index (κ2) is 8.00. The first kappa shape index (κ1) is 20.8. The first-order valence-electron chi connectivity index (χ1n) is 8.48. The number of ether oxygens (including phenoxy) is 2. The fourth-order valence-corrected chi connectivity index (χ4v) is 3.87. The van der Waals surface area contributed by atoms with Crippen LogP contribution in [-0.2, 0) is 19.6 Å². The van der Waals surface area contributed by atoms with E-state index < -0.39 is 28.1 Å². The number of esters is 1. The summed E-state index contributed by atoms with van der Waals surface area (Å²) in [6.45, 7) is 6.64. The standard InChI is InChI=1S/C20H25NO5S/c1-15-7-6-8-16(13-15)21(14-19(22)26-20(2,3)4)27(23,24)18-11-9-17(25-5)10-12-18/h6-13H,14H2,1-5H3. The van der Waals surface area contributed by atoms with Crippen LogP contribution in [0.25, 0.3) is 0 Å². The van der Waals surface area contributed by atoms with Crippen LogP contribution in [0, 0.1) is 6.92 Å². The van der Waals surface area contributed by atoms with Crippen molar-refractivity contribution in [3.05, 3.63) is 54.1 Å². The number of hydrogen-bond donors (Lipinski definition) is 0. The maximum Gasteiger partial charge on any atom is 0.327 e. The molecule has 0 aromatic heterocycles. The third-order valence-electron chi connectivity index (χ3n) is 3.63.